The number of pyridine rings is 1. The number of aryl methyl sites for hydroxylation is 1. The quantitative estimate of drug-likeness (QED) is 0.745. The van der Waals surface area contributed by atoms with Crippen LogP contribution in [-0.2, 0) is 6.42 Å². The molecule has 1 aliphatic rings. The molecule has 0 fully saturated rings. The molecule has 0 aliphatic carbocycles. The summed E-state index contributed by atoms with van der Waals surface area (Å²) in [6, 6.07) is 4.28. The number of rotatable bonds is 2. The van der Waals surface area contributed by atoms with Crippen molar-refractivity contribution in [1.82, 2.24) is 4.98 Å². The van der Waals surface area contributed by atoms with E-state index in [0.29, 0.717) is 12.5 Å². The second kappa shape index (κ2) is 3.96. The molecule has 0 amide bonds. The molecule has 2 heterocycles. The molecule has 14 heavy (non-hydrogen) atoms. The molecular formula is C11H17N3. The Kier molecular flexibility index (Phi) is 2.68. The van der Waals surface area contributed by atoms with Gasteiger partial charge in [0.15, 0.2) is 0 Å². The normalized spacial score (nSPS) is 17.0. The first-order chi connectivity index (χ1) is 6.81. The standard InChI is InChI=1S/C11H17N3/c1-8(7-12)10-5-4-9-3-2-6-13-11(9)14-10/h4-5,8H,2-3,6-7,12H2,1H3,(H,13,14). The van der Waals surface area contributed by atoms with E-state index >= 15 is 0 Å². The van der Waals surface area contributed by atoms with Gasteiger partial charge in [-0.15, -0.1) is 0 Å². The van der Waals surface area contributed by atoms with Crippen LogP contribution in [-0.4, -0.2) is 18.1 Å². The molecule has 1 aromatic heterocycles. The molecule has 1 unspecified atom stereocenters. The largest absolute Gasteiger partial charge is 0.370 e. The maximum Gasteiger partial charge on any atom is 0.129 e. The Morgan fingerprint density at radius 1 is 1.57 bits per heavy atom. The number of nitrogens with zero attached hydrogens (tertiary/aromatic N) is 1. The first-order valence-electron chi connectivity index (χ1n) is 5.25. The van der Waals surface area contributed by atoms with Crippen LogP contribution < -0.4 is 11.1 Å². The van der Waals surface area contributed by atoms with Crippen LogP contribution in [0.4, 0.5) is 5.82 Å². The molecule has 3 nitrogen and oxygen atoms in total. The van der Waals surface area contributed by atoms with Crippen molar-refractivity contribution >= 4 is 5.82 Å². The van der Waals surface area contributed by atoms with E-state index in [4.69, 9.17) is 5.73 Å². The SMILES string of the molecule is CC(CN)c1ccc2c(n1)NCCC2. The fraction of sp³-hybridized carbons (Fsp3) is 0.545. The number of hydrogen-bond acceptors (Lipinski definition) is 3. The molecule has 0 radical (unpaired) electrons. The van der Waals surface area contributed by atoms with Gasteiger partial charge in [-0.05, 0) is 24.5 Å². The van der Waals surface area contributed by atoms with E-state index in [0.717, 1.165) is 24.5 Å². The van der Waals surface area contributed by atoms with Gasteiger partial charge >= 0.3 is 0 Å². The average molecular weight is 191 g/mol. The van der Waals surface area contributed by atoms with Crippen LogP contribution in [0.3, 0.4) is 0 Å². The number of nitrogens with two attached hydrogens (primary N) is 1. The molecular weight excluding hydrogens is 174 g/mol. The van der Waals surface area contributed by atoms with Crippen LogP contribution >= 0.6 is 0 Å². The highest BCUT2D eigenvalue weighted by atomic mass is 15.0. The summed E-state index contributed by atoms with van der Waals surface area (Å²) in [4.78, 5) is 4.59. The van der Waals surface area contributed by atoms with Crippen molar-refractivity contribution in [2.45, 2.75) is 25.7 Å². The zero-order valence-corrected chi connectivity index (χ0v) is 8.59. The fourth-order valence-corrected chi connectivity index (χ4v) is 1.74. The average Bonchev–Trinajstić information content (AvgIpc) is 2.27. The van der Waals surface area contributed by atoms with Crippen molar-refractivity contribution in [2.24, 2.45) is 5.73 Å². The van der Waals surface area contributed by atoms with Crippen molar-refractivity contribution in [3.63, 3.8) is 0 Å². The van der Waals surface area contributed by atoms with E-state index in [-0.39, 0.29) is 0 Å². The fourth-order valence-electron chi connectivity index (χ4n) is 1.74. The summed E-state index contributed by atoms with van der Waals surface area (Å²) >= 11 is 0. The highest BCUT2D eigenvalue weighted by molar-refractivity contribution is 5.47. The molecule has 0 saturated heterocycles. The van der Waals surface area contributed by atoms with Crippen molar-refractivity contribution in [3.8, 4) is 0 Å². The van der Waals surface area contributed by atoms with Crippen molar-refractivity contribution in [2.75, 3.05) is 18.4 Å². The Balaban J connectivity index is 2.29. The van der Waals surface area contributed by atoms with Crippen LogP contribution in [0.15, 0.2) is 12.1 Å². The zero-order valence-electron chi connectivity index (χ0n) is 8.59. The lowest BCUT2D eigenvalue weighted by molar-refractivity contribution is 0.735. The predicted octanol–water partition coefficient (Wildman–Crippen LogP) is 1.50. The van der Waals surface area contributed by atoms with Gasteiger partial charge in [0, 0.05) is 24.7 Å². The van der Waals surface area contributed by atoms with Crippen molar-refractivity contribution in [3.05, 3.63) is 23.4 Å². The first kappa shape index (κ1) is 9.46. The number of fused-ring (bicyclic) bond motifs is 1. The highest BCUT2D eigenvalue weighted by Gasteiger charge is 2.12. The first-order valence-corrected chi connectivity index (χ1v) is 5.25. The molecule has 0 bridgehead atoms. The van der Waals surface area contributed by atoms with Gasteiger partial charge in [0.2, 0.25) is 0 Å². The zero-order chi connectivity index (χ0) is 9.97. The van der Waals surface area contributed by atoms with Gasteiger partial charge in [0.05, 0.1) is 0 Å². The minimum absolute atomic E-state index is 0.351. The number of hydrogen-bond donors (Lipinski definition) is 2. The molecule has 0 saturated carbocycles. The third-order valence-corrected chi connectivity index (χ3v) is 2.77. The summed E-state index contributed by atoms with van der Waals surface area (Å²) in [5, 5.41) is 3.33. The summed E-state index contributed by atoms with van der Waals surface area (Å²) in [6.45, 7) is 3.81. The van der Waals surface area contributed by atoms with Gasteiger partial charge in [-0.2, -0.15) is 0 Å². The minimum atomic E-state index is 0.351. The van der Waals surface area contributed by atoms with Crippen molar-refractivity contribution in [1.29, 1.82) is 0 Å². The van der Waals surface area contributed by atoms with E-state index in [9.17, 15) is 0 Å². The summed E-state index contributed by atoms with van der Waals surface area (Å²) in [5.74, 6) is 1.41. The lowest BCUT2D eigenvalue weighted by atomic mass is 10.0. The van der Waals surface area contributed by atoms with E-state index in [2.05, 4.69) is 29.4 Å². The lowest BCUT2D eigenvalue weighted by Gasteiger charge is -2.18. The van der Waals surface area contributed by atoms with E-state index in [1.807, 2.05) is 0 Å². The Morgan fingerprint density at radius 3 is 3.21 bits per heavy atom. The van der Waals surface area contributed by atoms with Crippen LogP contribution in [0.25, 0.3) is 0 Å². The van der Waals surface area contributed by atoms with E-state index in [1.165, 1.54) is 12.0 Å². The van der Waals surface area contributed by atoms with Gasteiger partial charge < -0.3 is 11.1 Å². The number of nitrogens with one attached hydrogen (secondary N) is 1. The smallest absolute Gasteiger partial charge is 0.129 e. The maximum atomic E-state index is 5.62. The minimum Gasteiger partial charge on any atom is -0.370 e. The Morgan fingerprint density at radius 2 is 2.43 bits per heavy atom. The number of aromatic nitrogens is 1. The third-order valence-electron chi connectivity index (χ3n) is 2.77. The summed E-state index contributed by atoms with van der Waals surface area (Å²) in [6.07, 6.45) is 2.35. The van der Waals surface area contributed by atoms with E-state index < -0.39 is 0 Å². The molecule has 3 heteroatoms. The maximum absolute atomic E-state index is 5.62. The number of anilines is 1. The summed E-state index contributed by atoms with van der Waals surface area (Å²) < 4.78 is 0. The van der Waals surface area contributed by atoms with E-state index in [1.54, 1.807) is 0 Å². The third kappa shape index (κ3) is 1.73. The van der Waals surface area contributed by atoms with Crippen LogP contribution in [0.1, 0.15) is 30.5 Å². The molecule has 1 aromatic rings. The molecule has 0 spiro atoms. The Labute approximate surface area is 84.7 Å². The van der Waals surface area contributed by atoms with Gasteiger partial charge in [-0.1, -0.05) is 13.0 Å². The molecule has 0 aromatic carbocycles. The van der Waals surface area contributed by atoms with Gasteiger partial charge in [-0.25, -0.2) is 4.98 Å². The second-order valence-corrected chi connectivity index (χ2v) is 3.91. The van der Waals surface area contributed by atoms with Crippen LogP contribution in [0, 0.1) is 0 Å². The lowest BCUT2D eigenvalue weighted by Crippen LogP contribution is -2.16. The van der Waals surface area contributed by atoms with Gasteiger partial charge in [0.1, 0.15) is 5.82 Å². The Hall–Kier alpha value is -1.09. The Bertz CT molecular complexity index is 322. The van der Waals surface area contributed by atoms with Crippen molar-refractivity contribution < 1.29 is 0 Å². The highest BCUT2D eigenvalue weighted by Crippen LogP contribution is 2.22. The predicted molar refractivity (Wildman–Crippen MR) is 58.5 cm³/mol. The van der Waals surface area contributed by atoms with Gasteiger partial charge in [0.25, 0.3) is 0 Å². The molecule has 2 rings (SSSR count). The molecule has 1 aliphatic heterocycles. The molecule has 3 N–H and O–H groups in total. The van der Waals surface area contributed by atoms with Crippen LogP contribution in [0.5, 0.6) is 0 Å². The van der Waals surface area contributed by atoms with Gasteiger partial charge in [-0.3, -0.25) is 0 Å². The monoisotopic (exact) mass is 191 g/mol. The molecule has 76 valence electrons. The summed E-state index contributed by atoms with van der Waals surface area (Å²) in [5.41, 5.74) is 8.05. The molecule has 1 atom stereocenters. The summed E-state index contributed by atoms with van der Waals surface area (Å²) in [7, 11) is 0. The topological polar surface area (TPSA) is 50.9 Å². The van der Waals surface area contributed by atoms with Crippen LogP contribution in [0.2, 0.25) is 0 Å². The second-order valence-electron chi connectivity index (χ2n) is 3.91.